The maximum absolute atomic E-state index is 14.2. The second-order valence-corrected chi connectivity index (χ2v) is 8.12. The van der Waals surface area contributed by atoms with Gasteiger partial charge in [-0.1, -0.05) is 30.3 Å². The number of fused-ring (bicyclic) bond motifs is 2. The van der Waals surface area contributed by atoms with Crippen molar-refractivity contribution in [2.24, 2.45) is 0 Å². The number of benzene rings is 3. The van der Waals surface area contributed by atoms with Crippen LogP contribution in [-0.2, 0) is 17.8 Å². The van der Waals surface area contributed by atoms with Gasteiger partial charge in [-0.2, -0.15) is 0 Å². The van der Waals surface area contributed by atoms with Crippen molar-refractivity contribution in [3.05, 3.63) is 88.6 Å². The molecule has 5 rings (SSSR count). The number of hydrogen-bond donors (Lipinski definition) is 1. The summed E-state index contributed by atoms with van der Waals surface area (Å²) in [7, 11) is 0. The topological polar surface area (TPSA) is 98.4 Å². The first-order valence-electron chi connectivity index (χ1n) is 11.0. The smallest absolute Gasteiger partial charge is 0.338 e. The van der Waals surface area contributed by atoms with Crippen LogP contribution in [0.5, 0.6) is 0 Å². The Kier molecular flexibility index (Phi) is 5.60. The number of carbonyl (C=O) groups excluding carboxylic acids is 2. The van der Waals surface area contributed by atoms with Crippen molar-refractivity contribution in [1.82, 2.24) is 14.9 Å². The molecule has 0 saturated heterocycles. The summed E-state index contributed by atoms with van der Waals surface area (Å²) in [6.07, 6.45) is 0. The van der Waals surface area contributed by atoms with Gasteiger partial charge >= 0.3 is 5.97 Å². The van der Waals surface area contributed by atoms with Crippen molar-refractivity contribution >= 4 is 28.7 Å². The van der Waals surface area contributed by atoms with E-state index < -0.39 is 17.6 Å². The molecular weight excluding hydrogens is 454 g/mol. The molecule has 3 aromatic carbocycles. The molecule has 0 fully saturated rings. The number of rotatable bonds is 4. The molecule has 1 aliphatic rings. The molecule has 0 bridgehead atoms. The summed E-state index contributed by atoms with van der Waals surface area (Å²) < 4.78 is 33.2. The lowest BCUT2D eigenvalue weighted by Crippen LogP contribution is -2.27. The minimum Gasteiger partial charge on any atom is -0.462 e. The fraction of sp³-hybridized carbons (Fsp3) is 0.154. The largest absolute Gasteiger partial charge is 0.462 e. The zero-order valence-electron chi connectivity index (χ0n) is 18.7. The minimum absolute atomic E-state index is 0.0645. The summed E-state index contributed by atoms with van der Waals surface area (Å²) >= 11 is 0. The van der Waals surface area contributed by atoms with E-state index in [1.807, 2.05) is 24.3 Å². The Bertz CT molecular complexity index is 1480. The second kappa shape index (κ2) is 8.75. The van der Waals surface area contributed by atoms with Crippen LogP contribution in [0.2, 0.25) is 0 Å². The van der Waals surface area contributed by atoms with Gasteiger partial charge in [0, 0.05) is 18.5 Å². The van der Waals surface area contributed by atoms with Crippen LogP contribution in [0, 0.1) is 11.6 Å². The highest BCUT2D eigenvalue weighted by molar-refractivity contribution is 6.06. The quantitative estimate of drug-likeness (QED) is 0.438. The predicted molar refractivity (Wildman–Crippen MR) is 125 cm³/mol. The maximum atomic E-state index is 14.2. The van der Waals surface area contributed by atoms with Gasteiger partial charge in [-0.05, 0) is 53.4 Å². The Hall–Kier alpha value is -4.40. The molecule has 0 radical (unpaired) electrons. The van der Waals surface area contributed by atoms with Crippen molar-refractivity contribution in [2.75, 3.05) is 12.3 Å². The summed E-state index contributed by atoms with van der Waals surface area (Å²) in [4.78, 5) is 36.0. The molecule has 0 saturated carbocycles. The molecule has 4 aromatic rings. The average Bonchev–Trinajstić information content (AvgIpc) is 3.29. The lowest BCUT2D eigenvalue weighted by Gasteiger charge is -2.17. The van der Waals surface area contributed by atoms with Crippen LogP contribution in [-0.4, -0.2) is 33.4 Å². The Morgan fingerprint density at radius 1 is 1.00 bits per heavy atom. The molecule has 35 heavy (non-hydrogen) atoms. The van der Waals surface area contributed by atoms with Gasteiger partial charge in [0.05, 0.1) is 17.7 Å². The Balaban J connectivity index is 1.62. The third-order valence-electron chi connectivity index (χ3n) is 5.91. The first-order valence-corrected chi connectivity index (χ1v) is 11.0. The number of nitrogen functional groups attached to an aromatic ring is 1. The lowest BCUT2D eigenvalue weighted by atomic mass is 9.97. The van der Waals surface area contributed by atoms with E-state index in [-0.39, 0.29) is 35.3 Å². The molecule has 2 heterocycles. The molecular formula is C26H20F2N4O3. The number of ether oxygens (including phenoxy) is 1. The Morgan fingerprint density at radius 3 is 2.37 bits per heavy atom. The molecule has 1 aromatic heterocycles. The molecule has 2 N–H and O–H groups in total. The summed E-state index contributed by atoms with van der Waals surface area (Å²) in [6.45, 7) is 2.54. The van der Waals surface area contributed by atoms with E-state index in [4.69, 9.17) is 10.5 Å². The SMILES string of the molecule is CCOC(=O)c1cc(F)c(F)cc1-c1ccc2nc(N)nc(C(=O)N3Cc4ccccc4C3)c2c1. The monoisotopic (exact) mass is 474 g/mol. The van der Waals surface area contributed by atoms with Gasteiger partial charge in [0.15, 0.2) is 11.6 Å². The fourth-order valence-corrected chi connectivity index (χ4v) is 4.27. The van der Waals surface area contributed by atoms with Gasteiger partial charge in [-0.25, -0.2) is 23.5 Å². The molecule has 9 heteroatoms. The normalized spacial score (nSPS) is 12.6. The number of nitrogens with zero attached hydrogens (tertiary/aromatic N) is 3. The molecule has 176 valence electrons. The summed E-state index contributed by atoms with van der Waals surface area (Å²) in [5, 5.41) is 0.372. The van der Waals surface area contributed by atoms with Crippen molar-refractivity contribution < 1.29 is 23.1 Å². The van der Waals surface area contributed by atoms with Crippen LogP contribution in [0.1, 0.15) is 38.9 Å². The van der Waals surface area contributed by atoms with Gasteiger partial charge in [-0.3, -0.25) is 4.79 Å². The lowest BCUT2D eigenvalue weighted by molar-refractivity contribution is 0.0526. The first kappa shape index (κ1) is 22.4. The number of carbonyl (C=O) groups is 2. The van der Waals surface area contributed by atoms with Crippen molar-refractivity contribution in [2.45, 2.75) is 20.0 Å². The van der Waals surface area contributed by atoms with Gasteiger partial charge in [0.1, 0.15) is 5.69 Å². The fourth-order valence-electron chi connectivity index (χ4n) is 4.27. The predicted octanol–water partition coefficient (Wildman–Crippen LogP) is 4.49. The summed E-state index contributed by atoms with van der Waals surface area (Å²) in [6, 6.07) is 14.2. The van der Waals surface area contributed by atoms with E-state index in [9.17, 15) is 18.4 Å². The minimum atomic E-state index is -1.17. The number of nitrogens with two attached hydrogens (primary N) is 1. The highest BCUT2D eigenvalue weighted by Gasteiger charge is 2.27. The van der Waals surface area contributed by atoms with E-state index in [1.54, 1.807) is 30.0 Å². The highest BCUT2D eigenvalue weighted by Crippen LogP contribution is 2.32. The summed E-state index contributed by atoms with van der Waals surface area (Å²) in [5.41, 5.74) is 8.82. The van der Waals surface area contributed by atoms with Crippen molar-refractivity contribution in [3.63, 3.8) is 0 Å². The van der Waals surface area contributed by atoms with Crippen molar-refractivity contribution in [3.8, 4) is 11.1 Å². The number of amides is 1. The van der Waals surface area contributed by atoms with Crippen LogP contribution in [0.3, 0.4) is 0 Å². The zero-order chi connectivity index (χ0) is 24.7. The van der Waals surface area contributed by atoms with E-state index >= 15 is 0 Å². The molecule has 7 nitrogen and oxygen atoms in total. The zero-order valence-corrected chi connectivity index (χ0v) is 18.7. The number of hydrogen-bond acceptors (Lipinski definition) is 6. The summed E-state index contributed by atoms with van der Waals surface area (Å²) in [5.74, 6) is -3.48. The van der Waals surface area contributed by atoms with Crippen LogP contribution in [0.15, 0.2) is 54.6 Å². The van der Waals surface area contributed by atoms with Gasteiger partial charge in [0.2, 0.25) is 5.95 Å². The van der Waals surface area contributed by atoms with Crippen LogP contribution in [0.4, 0.5) is 14.7 Å². The first-order chi connectivity index (χ1) is 16.9. The van der Waals surface area contributed by atoms with Crippen LogP contribution >= 0.6 is 0 Å². The van der Waals surface area contributed by atoms with Crippen LogP contribution in [0.25, 0.3) is 22.0 Å². The van der Waals surface area contributed by atoms with E-state index in [0.29, 0.717) is 29.6 Å². The second-order valence-electron chi connectivity index (χ2n) is 8.12. The van der Waals surface area contributed by atoms with Gasteiger partial charge in [0.25, 0.3) is 5.91 Å². The molecule has 0 atom stereocenters. The number of esters is 1. The molecule has 1 amide bonds. The van der Waals surface area contributed by atoms with Crippen LogP contribution < -0.4 is 5.73 Å². The highest BCUT2D eigenvalue weighted by atomic mass is 19.2. The third-order valence-corrected chi connectivity index (χ3v) is 5.91. The number of anilines is 1. The van der Waals surface area contributed by atoms with E-state index in [1.165, 1.54) is 0 Å². The molecule has 0 unspecified atom stereocenters. The van der Waals surface area contributed by atoms with Crippen molar-refractivity contribution in [1.29, 1.82) is 0 Å². The maximum Gasteiger partial charge on any atom is 0.338 e. The van der Waals surface area contributed by atoms with E-state index in [0.717, 1.165) is 23.3 Å². The van der Waals surface area contributed by atoms with Gasteiger partial charge in [-0.15, -0.1) is 0 Å². The number of aromatic nitrogens is 2. The third kappa shape index (κ3) is 4.05. The molecule has 0 spiro atoms. The van der Waals surface area contributed by atoms with Gasteiger partial charge < -0.3 is 15.4 Å². The Morgan fingerprint density at radius 2 is 1.69 bits per heavy atom. The average molecular weight is 474 g/mol. The Labute approximate surface area is 199 Å². The standard InChI is InChI=1S/C26H20F2N4O3/c1-2-35-25(34)18-11-21(28)20(27)10-17(18)14-7-8-22-19(9-14)23(31-26(29)30-22)24(33)32-12-15-5-3-4-6-16(15)13-32/h3-11H,2,12-13H2,1H3,(H2,29,30,31). The number of halogens is 2. The molecule has 1 aliphatic heterocycles. The van der Waals surface area contributed by atoms with E-state index in [2.05, 4.69) is 9.97 Å². The molecule has 0 aliphatic carbocycles.